The first kappa shape index (κ1) is 15.2. The van der Waals surface area contributed by atoms with Crippen LogP contribution in [0.2, 0.25) is 10.0 Å². The third kappa shape index (κ3) is 3.45. The number of para-hydroxylation sites is 1. The van der Waals surface area contributed by atoms with Crippen molar-refractivity contribution in [3.8, 4) is 0 Å². The van der Waals surface area contributed by atoms with E-state index in [9.17, 15) is 4.79 Å². The maximum absolute atomic E-state index is 11.7. The molecule has 0 aromatic heterocycles. The molecule has 2 aromatic rings. The van der Waals surface area contributed by atoms with E-state index >= 15 is 0 Å². The van der Waals surface area contributed by atoms with E-state index in [0.29, 0.717) is 21.3 Å². The summed E-state index contributed by atoms with van der Waals surface area (Å²) in [4.78, 5) is 11.7. The zero-order valence-corrected chi connectivity index (χ0v) is 13.3. The van der Waals surface area contributed by atoms with Gasteiger partial charge in [-0.05, 0) is 24.3 Å². The molecule has 1 unspecified atom stereocenters. The number of benzene rings is 2. The fourth-order valence-electron chi connectivity index (χ4n) is 1.77. The molecule has 0 saturated heterocycles. The molecule has 2 aromatic carbocycles. The highest BCUT2D eigenvalue weighted by molar-refractivity contribution is 9.10. The van der Waals surface area contributed by atoms with Gasteiger partial charge < -0.3 is 11.1 Å². The molecule has 0 heterocycles. The molecule has 3 nitrogen and oxygen atoms in total. The second-order valence-corrected chi connectivity index (χ2v) is 5.86. The number of anilines is 1. The molecule has 3 N–H and O–H groups in total. The van der Waals surface area contributed by atoms with Crippen LogP contribution in [0, 0.1) is 0 Å². The lowest BCUT2D eigenvalue weighted by Gasteiger charge is -2.19. The van der Waals surface area contributed by atoms with Crippen molar-refractivity contribution in [3.05, 3.63) is 62.5 Å². The van der Waals surface area contributed by atoms with Crippen molar-refractivity contribution < 1.29 is 4.79 Å². The molecule has 1 atom stereocenters. The number of amides is 1. The second-order valence-electron chi connectivity index (χ2n) is 4.13. The van der Waals surface area contributed by atoms with Crippen LogP contribution in [0.3, 0.4) is 0 Å². The highest BCUT2D eigenvalue weighted by Gasteiger charge is 2.21. The molecule has 0 bridgehead atoms. The molecule has 0 aliphatic carbocycles. The molecule has 104 valence electrons. The van der Waals surface area contributed by atoms with Gasteiger partial charge in [0, 0.05) is 15.1 Å². The number of carbonyl (C=O) groups excluding carboxylic acids is 1. The number of halogens is 3. The quantitative estimate of drug-likeness (QED) is 0.834. The smallest absolute Gasteiger partial charge is 0.244 e. The van der Waals surface area contributed by atoms with Crippen molar-refractivity contribution in [1.82, 2.24) is 0 Å². The summed E-state index contributed by atoms with van der Waals surface area (Å²) in [6.07, 6.45) is 0. The molecule has 20 heavy (non-hydrogen) atoms. The van der Waals surface area contributed by atoms with Gasteiger partial charge in [-0.15, -0.1) is 0 Å². The van der Waals surface area contributed by atoms with E-state index < -0.39 is 11.9 Å². The lowest BCUT2D eigenvalue weighted by atomic mass is 10.1. The molecule has 0 aliphatic heterocycles. The van der Waals surface area contributed by atoms with Crippen LogP contribution in [-0.4, -0.2) is 5.91 Å². The summed E-state index contributed by atoms with van der Waals surface area (Å²) in [5.41, 5.74) is 6.68. The van der Waals surface area contributed by atoms with Crippen molar-refractivity contribution >= 4 is 50.7 Å². The van der Waals surface area contributed by atoms with Crippen LogP contribution in [0.5, 0.6) is 0 Å². The number of hydrogen-bond donors (Lipinski definition) is 2. The summed E-state index contributed by atoms with van der Waals surface area (Å²) in [5, 5.41) is 3.97. The van der Waals surface area contributed by atoms with Crippen LogP contribution in [-0.2, 0) is 4.79 Å². The first-order valence-corrected chi connectivity index (χ1v) is 7.29. The topological polar surface area (TPSA) is 55.1 Å². The van der Waals surface area contributed by atoms with Crippen molar-refractivity contribution in [3.63, 3.8) is 0 Å². The predicted molar refractivity (Wildman–Crippen MR) is 86.2 cm³/mol. The van der Waals surface area contributed by atoms with Gasteiger partial charge in [0.2, 0.25) is 5.91 Å². The van der Waals surface area contributed by atoms with E-state index in [-0.39, 0.29) is 0 Å². The van der Waals surface area contributed by atoms with E-state index in [1.54, 1.807) is 36.4 Å². The van der Waals surface area contributed by atoms with Crippen LogP contribution < -0.4 is 11.1 Å². The Morgan fingerprint density at radius 1 is 1.15 bits per heavy atom. The van der Waals surface area contributed by atoms with Crippen LogP contribution in [0.1, 0.15) is 11.6 Å². The molecule has 0 spiro atoms. The summed E-state index contributed by atoms with van der Waals surface area (Å²) in [6, 6.07) is 11.6. The van der Waals surface area contributed by atoms with Gasteiger partial charge in [0.15, 0.2) is 0 Å². The highest BCUT2D eigenvalue weighted by atomic mass is 79.9. The highest BCUT2D eigenvalue weighted by Crippen LogP contribution is 2.31. The number of nitrogens with one attached hydrogen (secondary N) is 1. The van der Waals surface area contributed by atoms with Crippen molar-refractivity contribution in [2.24, 2.45) is 5.73 Å². The summed E-state index contributed by atoms with van der Waals surface area (Å²) in [5.74, 6) is -0.533. The van der Waals surface area contributed by atoms with E-state index in [1.807, 2.05) is 6.07 Å². The van der Waals surface area contributed by atoms with Gasteiger partial charge >= 0.3 is 0 Å². The Labute approximate surface area is 135 Å². The van der Waals surface area contributed by atoms with Gasteiger partial charge in [-0.25, -0.2) is 0 Å². The number of primary amides is 1. The molecule has 6 heteroatoms. The number of nitrogens with two attached hydrogens (primary N) is 1. The minimum absolute atomic E-state index is 0.447. The first-order chi connectivity index (χ1) is 9.49. The van der Waals surface area contributed by atoms with Crippen molar-refractivity contribution in [2.45, 2.75) is 6.04 Å². The molecule has 0 saturated carbocycles. The molecule has 0 aliphatic rings. The van der Waals surface area contributed by atoms with Gasteiger partial charge in [0.05, 0.1) is 10.7 Å². The Hall–Kier alpha value is -1.23. The minimum atomic E-state index is -0.754. The SMILES string of the molecule is NC(=O)C(Nc1ccccc1Cl)c1ccc(Br)cc1Cl. The zero-order chi connectivity index (χ0) is 14.7. The molecule has 0 fully saturated rings. The molecular formula is C14H11BrCl2N2O. The summed E-state index contributed by atoms with van der Waals surface area (Å²) in [7, 11) is 0. The number of carbonyl (C=O) groups is 1. The maximum Gasteiger partial charge on any atom is 0.244 e. The predicted octanol–water partition coefficient (Wildman–Crippen LogP) is 4.39. The Kier molecular flexibility index (Phi) is 4.91. The lowest BCUT2D eigenvalue weighted by molar-refractivity contribution is -0.118. The normalized spacial score (nSPS) is 11.9. The Bertz CT molecular complexity index is 649. The molecule has 2 rings (SSSR count). The summed E-state index contributed by atoms with van der Waals surface area (Å²) >= 11 is 15.6. The zero-order valence-electron chi connectivity index (χ0n) is 10.2. The molecule has 0 radical (unpaired) electrons. The van der Waals surface area contributed by atoms with Gasteiger partial charge in [-0.1, -0.05) is 57.3 Å². The molecular weight excluding hydrogens is 363 g/mol. The lowest BCUT2D eigenvalue weighted by Crippen LogP contribution is -2.28. The van der Waals surface area contributed by atoms with Gasteiger partial charge in [0.25, 0.3) is 0 Å². The van der Waals surface area contributed by atoms with Crippen molar-refractivity contribution in [1.29, 1.82) is 0 Å². The van der Waals surface area contributed by atoms with E-state index in [2.05, 4.69) is 21.2 Å². The van der Waals surface area contributed by atoms with E-state index in [4.69, 9.17) is 28.9 Å². The van der Waals surface area contributed by atoms with Gasteiger partial charge in [-0.2, -0.15) is 0 Å². The molecule has 1 amide bonds. The third-order valence-corrected chi connectivity index (χ3v) is 3.88. The summed E-state index contributed by atoms with van der Waals surface area (Å²) < 4.78 is 0.826. The van der Waals surface area contributed by atoms with Gasteiger partial charge in [0.1, 0.15) is 6.04 Å². The summed E-state index contributed by atoms with van der Waals surface area (Å²) in [6.45, 7) is 0. The average Bonchev–Trinajstić information content (AvgIpc) is 2.38. The van der Waals surface area contributed by atoms with Crippen molar-refractivity contribution in [2.75, 3.05) is 5.32 Å². The van der Waals surface area contributed by atoms with Gasteiger partial charge in [-0.3, -0.25) is 4.79 Å². The third-order valence-electron chi connectivity index (χ3n) is 2.73. The van der Waals surface area contributed by atoms with Crippen LogP contribution in [0.15, 0.2) is 46.9 Å². The van der Waals surface area contributed by atoms with Crippen LogP contribution in [0.4, 0.5) is 5.69 Å². The maximum atomic E-state index is 11.7. The Morgan fingerprint density at radius 3 is 2.45 bits per heavy atom. The number of rotatable bonds is 4. The Morgan fingerprint density at radius 2 is 1.85 bits per heavy atom. The standard InChI is InChI=1S/C14H11BrCl2N2O/c15-8-5-6-9(11(17)7-8)13(14(18)20)19-12-4-2-1-3-10(12)16/h1-7,13,19H,(H2,18,20). The minimum Gasteiger partial charge on any atom is -0.369 e. The van der Waals surface area contributed by atoms with Crippen LogP contribution in [0.25, 0.3) is 0 Å². The number of hydrogen-bond acceptors (Lipinski definition) is 2. The van der Waals surface area contributed by atoms with E-state index in [1.165, 1.54) is 0 Å². The average molecular weight is 374 g/mol. The second kappa shape index (κ2) is 6.48. The first-order valence-electron chi connectivity index (χ1n) is 5.74. The monoisotopic (exact) mass is 372 g/mol. The van der Waals surface area contributed by atoms with Crippen LogP contribution >= 0.6 is 39.1 Å². The fourth-order valence-corrected chi connectivity index (χ4v) is 2.74. The Balaban J connectivity index is 2.37. The van der Waals surface area contributed by atoms with E-state index in [0.717, 1.165) is 4.47 Å². The largest absolute Gasteiger partial charge is 0.369 e. The fraction of sp³-hybridized carbons (Fsp3) is 0.0714.